The van der Waals surface area contributed by atoms with Gasteiger partial charge in [0, 0.05) is 11.4 Å². The molecule has 5 nitrogen and oxygen atoms in total. The molecule has 0 spiro atoms. The summed E-state index contributed by atoms with van der Waals surface area (Å²) in [5.74, 6) is -1.54. The van der Waals surface area contributed by atoms with Gasteiger partial charge in [-0.3, -0.25) is 9.59 Å². The molecule has 0 atom stereocenters. The van der Waals surface area contributed by atoms with Gasteiger partial charge in [0.15, 0.2) is 0 Å². The normalized spacial score (nSPS) is 10.6. The molecule has 2 N–H and O–H groups in total. The SMILES string of the molecule is CC(C)(C)c1ccccc1NC(=O)C(=O)Nc1cccc(C#N)c1. The average molecular weight is 321 g/mol. The van der Waals surface area contributed by atoms with E-state index in [9.17, 15) is 9.59 Å². The Labute approximate surface area is 141 Å². The Bertz CT molecular complexity index is 814. The lowest BCUT2D eigenvalue weighted by molar-refractivity contribution is -0.133. The monoisotopic (exact) mass is 321 g/mol. The lowest BCUT2D eigenvalue weighted by Crippen LogP contribution is -2.30. The van der Waals surface area contributed by atoms with E-state index in [0.29, 0.717) is 16.9 Å². The molecular formula is C19H19N3O2. The highest BCUT2D eigenvalue weighted by molar-refractivity contribution is 6.43. The molecule has 0 heterocycles. The van der Waals surface area contributed by atoms with Gasteiger partial charge in [0.25, 0.3) is 0 Å². The van der Waals surface area contributed by atoms with Crippen LogP contribution in [-0.2, 0) is 15.0 Å². The van der Waals surface area contributed by atoms with Crippen molar-refractivity contribution in [3.8, 4) is 6.07 Å². The fourth-order valence-corrected chi connectivity index (χ4v) is 2.28. The van der Waals surface area contributed by atoms with Crippen LogP contribution >= 0.6 is 0 Å². The van der Waals surface area contributed by atoms with Crippen LogP contribution in [0.2, 0.25) is 0 Å². The molecule has 122 valence electrons. The lowest BCUT2D eigenvalue weighted by Gasteiger charge is -2.22. The third-order valence-electron chi connectivity index (χ3n) is 3.44. The number of hydrogen-bond acceptors (Lipinski definition) is 3. The molecule has 2 rings (SSSR count). The molecule has 0 aliphatic heterocycles. The molecule has 2 aromatic rings. The standard InChI is InChI=1S/C19H19N3O2/c1-19(2,3)15-9-4-5-10-16(15)22-18(24)17(23)21-14-8-6-7-13(11-14)12-20/h4-11H,1-3H3,(H,21,23)(H,22,24). The average Bonchev–Trinajstić information content (AvgIpc) is 2.54. The number of nitrogens with one attached hydrogen (secondary N) is 2. The van der Waals surface area contributed by atoms with E-state index in [1.807, 2.05) is 39.0 Å². The van der Waals surface area contributed by atoms with Crippen LogP contribution in [0.25, 0.3) is 0 Å². The number of hydrogen-bond donors (Lipinski definition) is 2. The minimum absolute atomic E-state index is 0.165. The summed E-state index contributed by atoms with van der Waals surface area (Å²) in [7, 11) is 0. The van der Waals surface area contributed by atoms with Crippen molar-refractivity contribution < 1.29 is 9.59 Å². The number of nitrogens with zero attached hydrogens (tertiary/aromatic N) is 1. The molecule has 0 saturated heterocycles. The van der Waals surface area contributed by atoms with Gasteiger partial charge in [0.05, 0.1) is 11.6 Å². The van der Waals surface area contributed by atoms with Gasteiger partial charge in [-0.15, -0.1) is 0 Å². The van der Waals surface area contributed by atoms with Crippen molar-refractivity contribution in [2.75, 3.05) is 10.6 Å². The Balaban J connectivity index is 2.13. The van der Waals surface area contributed by atoms with Gasteiger partial charge >= 0.3 is 11.8 Å². The van der Waals surface area contributed by atoms with Crippen molar-refractivity contribution in [2.45, 2.75) is 26.2 Å². The predicted molar refractivity (Wildman–Crippen MR) is 93.6 cm³/mol. The number of amides is 2. The number of carbonyl (C=O) groups excluding carboxylic acids is 2. The molecular weight excluding hydrogens is 302 g/mol. The molecule has 2 aromatic carbocycles. The van der Waals surface area contributed by atoms with Crippen LogP contribution in [-0.4, -0.2) is 11.8 Å². The number of para-hydroxylation sites is 1. The quantitative estimate of drug-likeness (QED) is 0.831. The zero-order valence-corrected chi connectivity index (χ0v) is 13.9. The van der Waals surface area contributed by atoms with Crippen molar-refractivity contribution >= 4 is 23.2 Å². The minimum Gasteiger partial charge on any atom is -0.318 e. The zero-order chi connectivity index (χ0) is 17.7. The van der Waals surface area contributed by atoms with Crippen LogP contribution in [0, 0.1) is 11.3 Å². The van der Waals surface area contributed by atoms with Crippen molar-refractivity contribution in [2.24, 2.45) is 0 Å². The maximum Gasteiger partial charge on any atom is 0.314 e. The van der Waals surface area contributed by atoms with Crippen molar-refractivity contribution in [1.82, 2.24) is 0 Å². The summed E-state index contributed by atoms with van der Waals surface area (Å²) in [6.07, 6.45) is 0. The molecule has 0 aliphatic rings. The van der Waals surface area contributed by atoms with E-state index in [2.05, 4.69) is 10.6 Å². The summed E-state index contributed by atoms with van der Waals surface area (Å²) in [4.78, 5) is 24.2. The van der Waals surface area contributed by atoms with Crippen LogP contribution in [0.3, 0.4) is 0 Å². The fraction of sp³-hybridized carbons (Fsp3) is 0.211. The summed E-state index contributed by atoms with van der Waals surface area (Å²) in [6.45, 7) is 6.10. The van der Waals surface area contributed by atoms with Gasteiger partial charge in [-0.25, -0.2) is 0 Å². The number of anilines is 2. The molecule has 2 amide bonds. The van der Waals surface area contributed by atoms with Crippen LogP contribution in [0.4, 0.5) is 11.4 Å². The highest BCUT2D eigenvalue weighted by atomic mass is 16.2. The Morgan fingerprint density at radius 3 is 2.29 bits per heavy atom. The number of nitriles is 1. The summed E-state index contributed by atoms with van der Waals surface area (Å²) < 4.78 is 0. The Morgan fingerprint density at radius 1 is 0.958 bits per heavy atom. The molecule has 0 radical (unpaired) electrons. The van der Waals surface area contributed by atoms with Crippen molar-refractivity contribution in [1.29, 1.82) is 5.26 Å². The summed E-state index contributed by atoms with van der Waals surface area (Å²) in [5.41, 5.74) is 2.19. The Morgan fingerprint density at radius 2 is 1.62 bits per heavy atom. The first-order chi connectivity index (χ1) is 11.3. The first kappa shape index (κ1) is 17.2. The first-order valence-electron chi connectivity index (χ1n) is 7.53. The van der Waals surface area contributed by atoms with Gasteiger partial charge in [-0.2, -0.15) is 5.26 Å². The van der Waals surface area contributed by atoms with E-state index in [4.69, 9.17) is 5.26 Å². The second-order valence-corrected chi connectivity index (χ2v) is 6.40. The van der Waals surface area contributed by atoms with Gasteiger partial charge < -0.3 is 10.6 Å². The Hall–Kier alpha value is -3.13. The highest BCUT2D eigenvalue weighted by Gasteiger charge is 2.21. The molecule has 0 saturated carbocycles. The van der Waals surface area contributed by atoms with Gasteiger partial charge in [0.1, 0.15) is 0 Å². The van der Waals surface area contributed by atoms with E-state index in [-0.39, 0.29) is 5.41 Å². The Kier molecular flexibility index (Phi) is 5.00. The van der Waals surface area contributed by atoms with Crippen molar-refractivity contribution in [3.05, 3.63) is 59.7 Å². The number of rotatable bonds is 2. The van der Waals surface area contributed by atoms with Gasteiger partial charge in [0.2, 0.25) is 0 Å². The maximum atomic E-state index is 12.2. The van der Waals surface area contributed by atoms with E-state index in [1.165, 1.54) is 6.07 Å². The van der Waals surface area contributed by atoms with Gasteiger partial charge in [-0.05, 0) is 35.2 Å². The first-order valence-corrected chi connectivity index (χ1v) is 7.53. The second kappa shape index (κ2) is 6.97. The second-order valence-electron chi connectivity index (χ2n) is 6.40. The number of carbonyl (C=O) groups is 2. The van der Waals surface area contributed by atoms with E-state index in [0.717, 1.165) is 5.56 Å². The van der Waals surface area contributed by atoms with Crippen LogP contribution in [0.5, 0.6) is 0 Å². The molecule has 24 heavy (non-hydrogen) atoms. The largest absolute Gasteiger partial charge is 0.318 e. The van der Waals surface area contributed by atoms with E-state index in [1.54, 1.807) is 30.3 Å². The van der Waals surface area contributed by atoms with E-state index < -0.39 is 11.8 Å². The minimum atomic E-state index is -0.784. The van der Waals surface area contributed by atoms with Crippen LogP contribution in [0.15, 0.2) is 48.5 Å². The molecule has 0 aliphatic carbocycles. The molecule has 0 aromatic heterocycles. The maximum absolute atomic E-state index is 12.2. The number of benzene rings is 2. The fourth-order valence-electron chi connectivity index (χ4n) is 2.28. The van der Waals surface area contributed by atoms with Crippen LogP contribution in [0.1, 0.15) is 31.9 Å². The topological polar surface area (TPSA) is 82.0 Å². The predicted octanol–water partition coefficient (Wildman–Crippen LogP) is 3.43. The smallest absolute Gasteiger partial charge is 0.314 e. The molecule has 5 heteroatoms. The van der Waals surface area contributed by atoms with Crippen LogP contribution < -0.4 is 10.6 Å². The third-order valence-corrected chi connectivity index (χ3v) is 3.44. The third kappa shape index (κ3) is 4.20. The zero-order valence-electron chi connectivity index (χ0n) is 13.9. The summed E-state index contributed by atoms with van der Waals surface area (Å²) in [6, 6.07) is 15.8. The van der Waals surface area contributed by atoms with E-state index >= 15 is 0 Å². The molecule has 0 bridgehead atoms. The molecule has 0 fully saturated rings. The summed E-state index contributed by atoms with van der Waals surface area (Å²) in [5, 5.41) is 14.0. The lowest BCUT2D eigenvalue weighted by atomic mass is 9.86. The van der Waals surface area contributed by atoms with Crippen molar-refractivity contribution in [3.63, 3.8) is 0 Å². The highest BCUT2D eigenvalue weighted by Crippen LogP contribution is 2.29. The van der Waals surface area contributed by atoms with Gasteiger partial charge in [-0.1, -0.05) is 45.0 Å². The summed E-state index contributed by atoms with van der Waals surface area (Å²) >= 11 is 0. The molecule has 0 unspecified atom stereocenters.